The molecule has 0 unspecified atom stereocenters. The zero-order valence-electron chi connectivity index (χ0n) is 7.37. The summed E-state index contributed by atoms with van der Waals surface area (Å²) in [6.45, 7) is 7.32. The average Bonchev–Trinajstić information content (AvgIpc) is 2.10. The van der Waals surface area contributed by atoms with Crippen molar-refractivity contribution in [2.45, 2.75) is 0 Å². The zero-order valence-corrected chi connectivity index (χ0v) is 9.00. The highest BCUT2D eigenvalue weighted by atomic mass is 32.2. The van der Waals surface area contributed by atoms with E-state index in [0.717, 1.165) is 23.0 Å². The highest BCUT2D eigenvalue weighted by molar-refractivity contribution is 7.99. The molecule has 0 aliphatic carbocycles. The molecule has 0 aliphatic rings. The monoisotopic (exact) mass is 200 g/mol. The summed E-state index contributed by atoms with van der Waals surface area (Å²) in [6, 6.07) is 0. The van der Waals surface area contributed by atoms with Gasteiger partial charge in [-0.25, -0.2) is 0 Å². The molecule has 0 saturated heterocycles. The summed E-state index contributed by atoms with van der Waals surface area (Å²) in [4.78, 5) is 0. The van der Waals surface area contributed by atoms with Crippen LogP contribution >= 0.6 is 23.5 Å². The lowest BCUT2D eigenvalue weighted by atomic mass is 10.6. The molecule has 0 amide bonds. The summed E-state index contributed by atoms with van der Waals surface area (Å²) in [5.74, 6) is 4.29. The van der Waals surface area contributed by atoms with Crippen molar-refractivity contribution < 1.29 is 0 Å². The van der Waals surface area contributed by atoms with Crippen LogP contribution in [-0.2, 0) is 0 Å². The Balaban J connectivity index is 3.02. The van der Waals surface area contributed by atoms with Crippen LogP contribution in [0, 0.1) is 0 Å². The molecule has 12 heavy (non-hydrogen) atoms. The van der Waals surface area contributed by atoms with Gasteiger partial charge in [0.25, 0.3) is 0 Å². The van der Waals surface area contributed by atoms with Crippen molar-refractivity contribution in [1.29, 1.82) is 0 Å². The molecular formula is C10H16S2. The first-order chi connectivity index (χ1) is 5.91. The van der Waals surface area contributed by atoms with E-state index < -0.39 is 0 Å². The lowest BCUT2D eigenvalue weighted by Crippen LogP contribution is -1.76. The third-order valence-corrected chi connectivity index (χ3v) is 2.87. The molecule has 0 fully saturated rings. The van der Waals surface area contributed by atoms with Gasteiger partial charge >= 0.3 is 0 Å². The Morgan fingerprint density at radius 1 is 0.750 bits per heavy atom. The lowest BCUT2D eigenvalue weighted by Gasteiger charge is -1.91. The molecule has 2 heteroatoms. The van der Waals surface area contributed by atoms with Crippen molar-refractivity contribution in [2.75, 3.05) is 23.0 Å². The van der Waals surface area contributed by atoms with Gasteiger partial charge in [-0.1, -0.05) is 24.3 Å². The summed E-state index contributed by atoms with van der Waals surface area (Å²) in [5.41, 5.74) is 0. The molecule has 0 aromatic carbocycles. The Morgan fingerprint density at radius 3 is 1.50 bits per heavy atom. The fourth-order valence-corrected chi connectivity index (χ4v) is 1.72. The number of thioether (sulfide) groups is 2. The Hall–Kier alpha value is -0.0800. The smallest absolute Gasteiger partial charge is 0.0116 e. The van der Waals surface area contributed by atoms with Crippen LogP contribution in [0.4, 0.5) is 0 Å². The highest BCUT2D eigenvalue weighted by Crippen LogP contribution is 2.02. The van der Waals surface area contributed by atoms with Gasteiger partial charge in [-0.2, -0.15) is 23.5 Å². The van der Waals surface area contributed by atoms with Crippen molar-refractivity contribution in [2.24, 2.45) is 0 Å². The van der Waals surface area contributed by atoms with Crippen molar-refractivity contribution in [3.05, 3.63) is 37.5 Å². The fourth-order valence-electron chi connectivity index (χ4n) is 0.575. The van der Waals surface area contributed by atoms with Gasteiger partial charge in [0.05, 0.1) is 0 Å². The molecule has 0 saturated carbocycles. The van der Waals surface area contributed by atoms with E-state index in [4.69, 9.17) is 0 Å². The van der Waals surface area contributed by atoms with E-state index in [2.05, 4.69) is 25.3 Å². The van der Waals surface area contributed by atoms with Crippen molar-refractivity contribution in [3.8, 4) is 0 Å². The van der Waals surface area contributed by atoms with Gasteiger partial charge in [-0.3, -0.25) is 0 Å². The minimum atomic E-state index is 1.05. The summed E-state index contributed by atoms with van der Waals surface area (Å²) < 4.78 is 0. The van der Waals surface area contributed by atoms with Gasteiger partial charge in [0, 0.05) is 23.0 Å². The van der Waals surface area contributed by atoms with E-state index >= 15 is 0 Å². The van der Waals surface area contributed by atoms with Crippen molar-refractivity contribution in [3.63, 3.8) is 0 Å². The molecule has 0 N–H and O–H groups in total. The first kappa shape index (κ1) is 11.9. The Labute approximate surface area is 84.2 Å². The third-order valence-electron chi connectivity index (χ3n) is 1.07. The quantitative estimate of drug-likeness (QED) is 0.435. The molecule has 0 aromatic rings. The van der Waals surface area contributed by atoms with E-state index in [-0.39, 0.29) is 0 Å². The van der Waals surface area contributed by atoms with E-state index in [9.17, 15) is 0 Å². The normalized spacial score (nSPS) is 10.3. The van der Waals surface area contributed by atoms with Gasteiger partial charge in [-0.15, -0.1) is 13.2 Å². The number of hydrogen-bond acceptors (Lipinski definition) is 2. The molecule has 0 bridgehead atoms. The molecule has 0 aromatic heterocycles. The lowest BCUT2D eigenvalue weighted by molar-refractivity contribution is 1.64. The summed E-state index contributed by atoms with van der Waals surface area (Å²) in [7, 11) is 0. The largest absolute Gasteiger partial charge is 0.154 e. The maximum Gasteiger partial charge on any atom is 0.0116 e. The zero-order chi connectivity index (χ0) is 9.07. The molecule has 0 atom stereocenters. The Morgan fingerprint density at radius 2 is 1.17 bits per heavy atom. The van der Waals surface area contributed by atoms with Crippen LogP contribution in [-0.4, -0.2) is 23.0 Å². The SMILES string of the molecule is C=CCSC/C=C/CSCC=C. The van der Waals surface area contributed by atoms with E-state index in [1.165, 1.54) is 0 Å². The van der Waals surface area contributed by atoms with Crippen LogP contribution in [0.15, 0.2) is 37.5 Å². The highest BCUT2D eigenvalue weighted by Gasteiger charge is 1.80. The molecule has 0 nitrogen and oxygen atoms in total. The number of hydrogen-bond donors (Lipinski definition) is 0. The van der Waals surface area contributed by atoms with Crippen LogP contribution in [0.2, 0.25) is 0 Å². The minimum Gasteiger partial charge on any atom is -0.154 e. The summed E-state index contributed by atoms with van der Waals surface area (Å²) >= 11 is 3.77. The maximum absolute atomic E-state index is 3.66. The summed E-state index contributed by atoms with van der Waals surface area (Å²) in [6.07, 6.45) is 8.30. The first-order valence-electron chi connectivity index (χ1n) is 3.94. The second kappa shape index (κ2) is 10.9. The Kier molecular flexibility index (Phi) is 10.8. The second-order valence-electron chi connectivity index (χ2n) is 2.12. The standard InChI is InChI=1S/C10H16S2/c1-3-7-11-9-5-6-10-12-8-4-2/h3-6H,1-2,7-10H2/b6-5+. The first-order valence-corrected chi connectivity index (χ1v) is 6.25. The molecule has 0 radical (unpaired) electrons. The van der Waals surface area contributed by atoms with Crippen LogP contribution in [0.3, 0.4) is 0 Å². The van der Waals surface area contributed by atoms with Crippen LogP contribution in [0.1, 0.15) is 0 Å². The predicted octanol–water partition coefficient (Wildman–Crippen LogP) is 3.38. The average molecular weight is 200 g/mol. The van der Waals surface area contributed by atoms with Crippen LogP contribution in [0.5, 0.6) is 0 Å². The number of rotatable bonds is 8. The van der Waals surface area contributed by atoms with E-state index in [0.29, 0.717) is 0 Å². The van der Waals surface area contributed by atoms with Crippen LogP contribution < -0.4 is 0 Å². The third kappa shape index (κ3) is 9.92. The van der Waals surface area contributed by atoms with Gasteiger partial charge in [0.15, 0.2) is 0 Å². The van der Waals surface area contributed by atoms with Crippen molar-refractivity contribution in [1.82, 2.24) is 0 Å². The molecule has 0 heterocycles. The van der Waals surface area contributed by atoms with Crippen molar-refractivity contribution >= 4 is 23.5 Å². The molecule has 0 rings (SSSR count). The fraction of sp³-hybridized carbons (Fsp3) is 0.400. The second-order valence-corrected chi connectivity index (χ2v) is 4.27. The maximum atomic E-state index is 3.66. The topological polar surface area (TPSA) is 0 Å². The minimum absolute atomic E-state index is 1.05. The Bertz CT molecular complexity index is 123. The molecule has 0 spiro atoms. The van der Waals surface area contributed by atoms with Crippen LogP contribution in [0.25, 0.3) is 0 Å². The van der Waals surface area contributed by atoms with Gasteiger partial charge in [0.2, 0.25) is 0 Å². The van der Waals surface area contributed by atoms with Gasteiger partial charge in [-0.05, 0) is 0 Å². The summed E-state index contributed by atoms with van der Waals surface area (Å²) in [5, 5.41) is 0. The van der Waals surface area contributed by atoms with E-state index in [1.807, 2.05) is 35.7 Å². The molecule has 0 aliphatic heterocycles. The van der Waals surface area contributed by atoms with E-state index in [1.54, 1.807) is 0 Å². The van der Waals surface area contributed by atoms with Gasteiger partial charge < -0.3 is 0 Å². The van der Waals surface area contributed by atoms with Gasteiger partial charge in [0.1, 0.15) is 0 Å². The predicted molar refractivity (Wildman–Crippen MR) is 64.2 cm³/mol. The molecule has 68 valence electrons. The molecular weight excluding hydrogens is 184 g/mol.